The second-order valence-corrected chi connectivity index (χ2v) is 10.9. The van der Waals surface area contributed by atoms with E-state index in [4.69, 9.17) is 4.98 Å². The van der Waals surface area contributed by atoms with Crippen LogP contribution >= 0.6 is 23.1 Å². The molecule has 0 spiro atoms. The number of rotatable bonds is 8. The maximum atomic E-state index is 13.3. The van der Waals surface area contributed by atoms with Gasteiger partial charge >= 0.3 is 0 Å². The van der Waals surface area contributed by atoms with Crippen molar-refractivity contribution in [1.82, 2.24) is 14.9 Å². The van der Waals surface area contributed by atoms with Crippen molar-refractivity contribution in [3.8, 4) is 0 Å². The number of hydrogen-bond acceptors (Lipinski definition) is 5. The van der Waals surface area contributed by atoms with E-state index in [2.05, 4.69) is 17.4 Å². The predicted molar refractivity (Wildman–Crippen MR) is 134 cm³/mol. The molecule has 0 saturated carbocycles. The van der Waals surface area contributed by atoms with Crippen molar-refractivity contribution in [2.45, 2.75) is 82.3 Å². The van der Waals surface area contributed by atoms with Gasteiger partial charge in [-0.25, -0.2) is 4.98 Å². The standard InChI is InChI=1S/C25H31N3O2S2/c1-4-28-24(30)21-19-12-8-9-13-20(19)32-23(21)27-25(28)31-17(3)22(29)26-16(2)14-15-18-10-6-5-7-11-18/h5-7,10-11,16-17H,4,8-9,12-15H2,1-3H3,(H,26,29). The Morgan fingerprint density at radius 3 is 2.72 bits per heavy atom. The fourth-order valence-corrected chi connectivity index (χ4v) is 6.54. The van der Waals surface area contributed by atoms with Crippen LogP contribution in [0.2, 0.25) is 0 Å². The normalized spacial score (nSPS) is 15.3. The summed E-state index contributed by atoms with van der Waals surface area (Å²) in [6.07, 6.45) is 6.16. The second-order valence-electron chi connectivity index (χ2n) is 8.53. The Kier molecular flexibility index (Phi) is 7.36. The first-order valence-corrected chi connectivity index (χ1v) is 13.2. The summed E-state index contributed by atoms with van der Waals surface area (Å²) in [6, 6.07) is 10.4. The predicted octanol–water partition coefficient (Wildman–Crippen LogP) is 4.97. The van der Waals surface area contributed by atoms with Crippen molar-refractivity contribution in [3.05, 3.63) is 56.7 Å². The van der Waals surface area contributed by atoms with Crippen molar-refractivity contribution in [2.24, 2.45) is 0 Å². The molecule has 3 aromatic rings. The van der Waals surface area contributed by atoms with Gasteiger partial charge in [-0.05, 0) is 70.4 Å². The van der Waals surface area contributed by atoms with E-state index in [1.807, 2.05) is 39.0 Å². The molecule has 2 aromatic heterocycles. The van der Waals surface area contributed by atoms with Crippen LogP contribution in [-0.2, 0) is 30.6 Å². The molecular formula is C25H31N3O2S2. The van der Waals surface area contributed by atoms with Crippen LogP contribution in [0.15, 0.2) is 40.3 Å². The second kappa shape index (κ2) is 10.2. The van der Waals surface area contributed by atoms with Gasteiger partial charge in [-0.2, -0.15) is 0 Å². The molecule has 0 saturated heterocycles. The third-order valence-electron chi connectivity index (χ3n) is 6.10. The number of fused-ring (bicyclic) bond motifs is 3. The lowest BCUT2D eigenvalue weighted by atomic mass is 9.97. The maximum Gasteiger partial charge on any atom is 0.263 e. The zero-order chi connectivity index (χ0) is 22.7. The Morgan fingerprint density at radius 1 is 1.22 bits per heavy atom. The lowest BCUT2D eigenvalue weighted by Gasteiger charge is -2.18. The smallest absolute Gasteiger partial charge is 0.263 e. The van der Waals surface area contributed by atoms with E-state index in [0.717, 1.165) is 42.3 Å². The number of amides is 1. The Morgan fingerprint density at radius 2 is 1.97 bits per heavy atom. The summed E-state index contributed by atoms with van der Waals surface area (Å²) in [6.45, 7) is 6.45. The van der Waals surface area contributed by atoms with Gasteiger partial charge in [0.1, 0.15) is 4.83 Å². The Bertz CT molecular complexity index is 1150. The Hall–Kier alpha value is -2.12. The molecule has 2 atom stereocenters. The number of nitrogens with one attached hydrogen (secondary N) is 1. The van der Waals surface area contributed by atoms with Crippen LogP contribution in [0.5, 0.6) is 0 Å². The number of nitrogens with zero attached hydrogens (tertiary/aromatic N) is 2. The average molecular weight is 470 g/mol. The number of hydrogen-bond donors (Lipinski definition) is 1. The highest BCUT2D eigenvalue weighted by Gasteiger charge is 2.24. The van der Waals surface area contributed by atoms with Crippen molar-refractivity contribution >= 4 is 39.2 Å². The summed E-state index contributed by atoms with van der Waals surface area (Å²) < 4.78 is 1.73. The van der Waals surface area contributed by atoms with E-state index in [0.29, 0.717) is 11.7 Å². The van der Waals surface area contributed by atoms with E-state index >= 15 is 0 Å². The molecule has 1 aliphatic carbocycles. The molecule has 1 aliphatic rings. The molecule has 0 aliphatic heterocycles. The van der Waals surface area contributed by atoms with Gasteiger partial charge in [0.05, 0.1) is 10.6 Å². The minimum absolute atomic E-state index is 0.0157. The number of aryl methyl sites for hydroxylation is 3. The van der Waals surface area contributed by atoms with Gasteiger partial charge < -0.3 is 5.32 Å². The summed E-state index contributed by atoms with van der Waals surface area (Å²) in [5.41, 5.74) is 2.54. The quantitative estimate of drug-likeness (QED) is 0.373. The van der Waals surface area contributed by atoms with Crippen LogP contribution in [-0.4, -0.2) is 26.8 Å². The number of carbonyl (C=O) groups excluding carboxylic acids is 1. The van der Waals surface area contributed by atoms with Gasteiger partial charge in [-0.3, -0.25) is 14.2 Å². The fraction of sp³-hybridized carbons (Fsp3) is 0.480. The first kappa shape index (κ1) is 23.1. The van der Waals surface area contributed by atoms with Crippen molar-refractivity contribution in [2.75, 3.05) is 0 Å². The molecule has 32 heavy (non-hydrogen) atoms. The van der Waals surface area contributed by atoms with Gasteiger partial charge in [-0.1, -0.05) is 42.1 Å². The molecule has 0 fully saturated rings. The minimum atomic E-state index is -0.328. The molecule has 2 heterocycles. The molecule has 1 N–H and O–H groups in total. The summed E-state index contributed by atoms with van der Waals surface area (Å²) in [4.78, 5) is 33.1. The summed E-state index contributed by atoms with van der Waals surface area (Å²) in [7, 11) is 0. The molecule has 7 heteroatoms. The SMILES string of the molecule is CCn1c(SC(C)C(=O)NC(C)CCc2ccccc2)nc2sc3c(c2c1=O)CCCC3. The van der Waals surface area contributed by atoms with Crippen LogP contribution in [0.1, 0.15) is 56.0 Å². The van der Waals surface area contributed by atoms with Crippen molar-refractivity contribution in [3.63, 3.8) is 0 Å². The van der Waals surface area contributed by atoms with Crippen LogP contribution in [0.25, 0.3) is 10.2 Å². The highest BCUT2D eigenvalue weighted by Crippen LogP contribution is 2.35. The van der Waals surface area contributed by atoms with Crippen molar-refractivity contribution in [1.29, 1.82) is 0 Å². The zero-order valence-electron chi connectivity index (χ0n) is 19.0. The highest BCUT2D eigenvalue weighted by atomic mass is 32.2. The Balaban J connectivity index is 1.46. The molecule has 0 radical (unpaired) electrons. The number of thioether (sulfide) groups is 1. The van der Waals surface area contributed by atoms with E-state index in [1.54, 1.807) is 15.9 Å². The van der Waals surface area contributed by atoms with Crippen LogP contribution in [0.4, 0.5) is 0 Å². The van der Waals surface area contributed by atoms with Gasteiger partial charge in [-0.15, -0.1) is 11.3 Å². The van der Waals surface area contributed by atoms with Gasteiger partial charge in [0.15, 0.2) is 5.16 Å². The van der Waals surface area contributed by atoms with E-state index in [9.17, 15) is 9.59 Å². The summed E-state index contributed by atoms with van der Waals surface area (Å²) >= 11 is 3.04. The van der Waals surface area contributed by atoms with Crippen LogP contribution < -0.4 is 10.9 Å². The summed E-state index contributed by atoms with van der Waals surface area (Å²) in [5.74, 6) is -0.0157. The highest BCUT2D eigenvalue weighted by molar-refractivity contribution is 8.00. The lowest BCUT2D eigenvalue weighted by Crippen LogP contribution is -2.38. The molecule has 4 rings (SSSR count). The van der Waals surface area contributed by atoms with E-state index < -0.39 is 0 Å². The van der Waals surface area contributed by atoms with Gasteiger partial charge in [0, 0.05) is 17.5 Å². The zero-order valence-corrected chi connectivity index (χ0v) is 20.7. The maximum absolute atomic E-state index is 13.3. The molecule has 0 bridgehead atoms. The average Bonchev–Trinajstić information content (AvgIpc) is 3.17. The number of carbonyl (C=O) groups is 1. The third kappa shape index (κ3) is 4.94. The third-order valence-corrected chi connectivity index (χ3v) is 8.38. The molecule has 170 valence electrons. The first-order chi connectivity index (χ1) is 15.5. The topological polar surface area (TPSA) is 64.0 Å². The Labute approximate surface area is 197 Å². The first-order valence-electron chi connectivity index (χ1n) is 11.5. The van der Waals surface area contributed by atoms with E-state index in [-0.39, 0.29) is 22.8 Å². The van der Waals surface area contributed by atoms with E-state index in [1.165, 1.54) is 34.2 Å². The molecule has 1 amide bonds. The number of aromatic nitrogens is 2. The monoisotopic (exact) mass is 469 g/mol. The largest absolute Gasteiger partial charge is 0.353 e. The number of benzene rings is 1. The van der Waals surface area contributed by atoms with Gasteiger partial charge in [0.2, 0.25) is 5.91 Å². The van der Waals surface area contributed by atoms with Crippen LogP contribution in [0.3, 0.4) is 0 Å². The van der Waals surface area contributed by atoms with Gasteiger partial charge in [0.25, 0.3) is 5.56 Å². The summed E-state index contributed by atoms with van der Waals surface area (Å²) in [5, 5.41) is 4.25. The van der Waals surface area contributed by atoms with Crippen molar-refractivity contribution < 1.29 is 4.79 Å². The molecule has 1 aromatic carbocycles. The number of thiophene rings is 1. The van der Waals surface area contributed by atoms with Crippen LogP contribution in [0, 0.1) is 0 Å². The lowest BCUT2D eigenvalue weighted by molar-refractivity contribution is -0.120. The fourth-order valence-electron chi connectivity index (χ4n) is 4.26. The molecule has 5 nitrogen and oxygen atoms in total. The molecular weight excluding hydrogens is 438 g/mol. The minimum Gasteiger partial charge on any atom is -0.353 e. The molecule has 2 unspecified atom stereocenters.